The Balaban J connectivity index is 1.88. The lowest BCUT2D eigenvalue weighted by Crippen LogP contribution is -1.81. The highest BCUT2D eigenvalue weighted by molar-refractivity contribution is 6.30. The molecule has 0 saturated heterocycles. The number of imidazole rings is 1. The molecule has 0 amide bonds. The number of hydrogen-bond acceptors (Lipinski definition) is 3. The largest absolute Gasteiger partial charge is 0.283 e. The van der Waals surface area contributed by atoms with Crippen LogP contribution in [0.4, 0.5) is 11.5 Å². The number of halogens is 1. The predicted octanol–water partition coefficient (Wildman–Crippen LogP) is 6.38. The van der Waals surface area contributed by atoms with Crippen molar-refractivity contribution in [2.75, 3.05) is 0 Å². The molecule has 0 unspecified atom stereocenters. The number of aryl methyl sites for hydroxylation is 1. The summed E-state index contributed by atoms with van der Waals surface area (Å²) in [7, 11) is 0. The molecular formula is C20H15ClN4. The zero-order valence-electron chi connectivity index (χ0n) is 13.6. The van der Waals surface area contributed by atoms with Gasteiger partial charge in [-0.3, -0.25) is 4.40 Å². The summed E-state index contributed by atoms with van der Waals surface area (Å²) < 4.78 is 1.94. The van der Waals surface area contributed by atoms with Crippen LogP contribution in [0.1, 0.15) is 5.56 Å². The zero-order chi connectivity index (χ0) is 17.2. The number of benzene rings is 2. The predicted molar refractivity (Wildman–Crippen MR) is 101 cm³/mol. The van der Waals surface area contributed by atoms with E-state index in [1.54, 1.807) is 0 Å². The molecule has 0 bridgehead atoms. The average Bonchev–Trinajstić information content (AvgIpc) is 3.00. The second kappa shape index (κ2) is 6.49. The Kier molecular flexibility index (Phi) is 4.04. The van der Waals surface area contributed by atoms with E-state index < -0.39 is 0 Å². The minimum absolute atomic E-state index is 0.690. The molecule has 122 valence electrons. The molecule has 0 aliphatic heterocycles. The van der Waals surface area contributed by atoms with Gasteiger partial charge in [-0.1, -0.05) is 48.0 Å². The van der Waals surface area contributed by atoms with Gasteiger partial charge in [-0.25, -0.2) is 4.98 Å². The summed E-state index contributed by atoms with van der Waals surface area (Å²) in [6.45, 7) is 2.02. The Morgan fingerprint density at radius 2 is 1.64 bits per heavy atom. The van der Waals surface area contributed by atoms with Crippen molar-refractivity contribution >= 4 is 28.8 Å². The maximum absolute atomic E-state index is 6.01. The van der Waals surface area contributed by atoms with Crippen LogP contribution < -0.4 is 0 Å². The van der Waals surface area contributed by atoms with Crippen molar-refractivity contribution in [1.29, 1.82) is 0 Å². The SMILES string of the molecule is Cc1ccccc1N=Nc1c(-c2ccc(Cl)cc2)nc2ccccn12. The highest BCUT2D eigenvalue weighted by atomic mass is 35.5. The summed E-state index contributed by atoms with van der Waals surface area (Å²) in [5, 5.41) is 9.65. The quantitative estimate of drug-likeness (QED) is 0.397. The fourth-order valence-electron chi connectivity index (χ4n) is 2.66. The van der Waals surface area contributed by atoms with Gasteiger partial charge in [0.2, 0.25) is 0 Å². The van der Waals surface area contributed by atoms with E-state index in [4.69, 9.17) is 16.6 Å². The lowest BCUT2D eigenvalue weighted by Gasteiger charge is -2.01. The van der Waals surface area contributed by atoms with Crippen LogP contribution in [0.5, 0.6) is 0 Å². The van der Waals surface area contributed by atoms with E-state index in [2.05, 4.69) is 10.2 Å². The van der Waals surface area contributed by atoms with E-state index in [0.29, 0.717) is 10.8 Å². The summed E-state index contributed by atoms with van der Waals surface area (Å²) in [4.78, 5) is 4.71. The maximum atomic E-state index is 6.01. The van der Waals surface area contributed by atoms with Gasteiger partial charge in [0, 0.05) is 16.8 Å². The molecule has 0 atom stereocenters. The minimum atomic E-state index is 0.690. The van der Waals surface area contributed by atoms with Crippen LogP contribution in [0, 0.1) is 6.92 Å². The van der Waals surface area contributed by atoms with Gasteiger partial charge in [0.05, 0.1) is 5.69 Å². The summed E-state index contributed by atoms with van der Waals surface area (Å²) in [5.74, 6) is 0.696. The summed E-state index contributed by atoms with van der Waals surface area (Å²) in [5.41, 5.74) is 4.47. The number of aromatic nitrogens is 2. The first-order valence-corrected chi connectivity index (χ1v) is 8.30. The monoisotopic (exact) mass is 346 g/mol. The molecule has 2 heterocycles. The lowest BCUT2D eigenvalue weighted by atomic mass is 10.1. The van der Waals surface area contributed by atoms with Gasteiger partial charge in [-0.15, -0.1) is 10.2 Å². The molecule has 0 radical (unpaired) electrons. The van der Waals surface area contributed by atoms with Crippen LogP contribution in [0.25, 0.3) is 16.9 Å². The molecule has 4 nitrogen and oxygen atoms in total. The number of hydrogen-bond donors (Lipinski definition) is 0. The molecule has 2 aromatic heterocycles. The van der Waals surface area contributed by atoms with Gasteiger partial charge in [0.1, 0.15) is 11.3 Å². The molecule has 0 aliphatic rings. The van der Waals surface area contributed by atoms with E-state index in [1.807, 2.05) is 84.3 Å². The first-order valence-electron chi connectivity index (χ1n) is 7.93. The third-order valence-corrected chi connectivity index (χ3v) is 4.24. The van der Waals surface area contributed by atoms with Gasteiger partial charge >= 0.3 is 0 Å². The highest BCUT2D eigenvalue weighted by Gasteiger charge is 2.13. The van der Waals surface area contributed by atoms with E-state index in [0.717, 1.165) is 28.2 Å². The molecule has 0 N–H and O–H groups in total. The number of pyridine rings is 1. The van der Waals surface area contributed by atoms with Crippen molar-refractivity contribution in [2.24, 2.45) is 10.2 Å². The van der Waals surface area contributed by atoms with Crippen molar-refractivity contribution < 1.29 is 0 Å². The zero-order valence-corrected chi connectivity index (χ0v) is 14.4. The lowest BCUT2D eigenvalue weighted by molar-refractivity contribution is 1.10. The number of azo groups is 1. The topological polar surface area (TPSA) is 42.0 Å². The molecule has 25 heavy (non-hydrogen) atoms. The molecule has 4 rings (SSSR count). The number of rotatable bonds is 3. The summed E-state index contributed by atoms with van der Waals surface area (Å²) in [6.07, 6.45) is 1.94. The van der Waals surface area contributed by atoms with Crippen LogP contribution in [0.3, 0.4) is 0 Å². The second-order valence-electron chi connectivity index (χ2n) is 5.71. The standard InChI is InChI=1S/C20H15ClN4/c1-14-6-2-3-7-17(14)23-24-20-19(15-9-11-16(21)12-10-15)22-18-8-4-5-13-25(18)20/h2-13H,1H3. The van der Waals surface area contributed by atoms with Crippen molar-refractivity contribution in [2.45, 2.75) is 6.92 Å². The third-order valence-electron chi connectivity index (χ3n) is 3.99. The van der Waals surface area contributed by atoms with E-state index in [9.17, 15) is 0 Å². The van der Waals surface area contributed by atoms with Gasteiger partial charge in [0.15, 0.2) is 5.82 Å². The smallest absolute Gasteiger partial charge is 0.187 e. The molecule has 0 saturated carbocycles. The second-order valence-corrected chi connectivity index (χ2v) is 6.14. The van der Waals surface area contributed by atoms with E-state index in [-0.39, 0.29) is 0 Å². The van der Waals surface area contributed by atoms with E-state index in [1.165, 1.54) is 0 Å². The average molecular weight is 347 g/mol. The van der Waals surface area contributed by atoms with Crippen LogP contribution in [0.15, 0.2) is 83.2 Å². The van der Waals surface area contributed by atoms with Crippen molar-refractivity contribution in [3.8, 4) is 11.3 Å². The Hall–Kier alpha value is -2.98. The van der Waals surface area contributed by atoms with Gasteiger partial charge in [-0.05, 0) is 42.8 Å². The van der Waals surface area contributed by atoms with Gasteiger partial charge in [0.25, 0.3) is 0 Å². The fourth-order valence-corrected chi connectivity index (χ4v) is 2.78. The molecule has 0 spiro atoms. The van der Waals surface area contributed by atoms with Gasteiger partial charge < -0.3 is 0 Å². The fraction of sp³-hybridized carbons (Fsp3) is 0.0500. The Labute approximate surface area is 150 Å². The Bertz CT molecular complexity index is 1060. The Morgan fingerprint density at radius 3 is 2.44 bits per heavy atom. The molecule has 0 fully saturated rings. The van der Waals surface area contributed by atoms with Crippen LogP contribution in [-0.2, 0) is 0 Å². The summed E-state index contributed by atoms with van der Waals surface area (Å²) >= 11 is 6.01. The number of nitrogens with zero attached hydrogens (tertiary/aromatic N) is 4. The molecule has 2 aromatic carbocycles. The molecule has 5 heteroatoms. The number of fused-ring (bicyclic) bond motifs is 1. The minimum Gasteiger partial charge on any atom is -0.283 e. The van der Waals surface area contributed by atoms with Crippen LogP contribution in [-0.4, -0.2) is 9.38 Å². The van der Waals surface area contributed by atoms with Gasteiger partial charge in [-0.2, -0.15) is 0 Å². The Morgan fingerprint density at radius 1 is 0.880 bits per heavy atom. The highest BCUT2D eigenvalue weighted by Crippen LogP contribution is 2.33. The first kappa shape index (κ1) is 15.5. The van der Waals surface area contributed by atoms with E-state index >= 15 is 0 Å². The van der Waals surface area contributed by atoms with Crippen molar-refractivity contribution in [3.05, 3.63) is 83.5 Å². The normalized spacial score (nSPS) is 11.4. The summed E-state index contributed by atoms with van der Waals surface area (Å²) in [6, 6.07) is 21.3. The van der Waals surface area contributed by atoms with Crippen LogP contribution in [0.2, 0.25) is 5.02 Å². The maximum Gasteiger partial charge on any atom is 0.187 e. The molecular weight excluding hydrogens is 332 g/mol. The first-order chi connectivity index (χ1) is 12.2. The van der Waals surface area contributed by atoms with Crippen molar-refractivity contribution in [1.82, 2.24) is 9.38 Å². The van der Waals surface area contributed by atoms with Crippen LogP contribution >= 0.6 is 11.6 Å². The molecule has 0 aliphatic carbocycles. The molecule has 4 aromatic rings. The third kappa shape index (κ3) is 3.04. The van der Waals surface area contributed by atoms with Crippen molar-refractivity contribution in [3.63, 3.8) is 0 Å².